The van der Waals surface area contributed by atoms with Crippen molar-refractivity contribution in [1.29, 1.82) is 0 Å². The number of hydrogen-bond donors (Lipinski definition) is 1. The van der Waals surface area contributed by atoms with Crippen molar-refractivity contribution in [3.63, 3.8) is 0 Å². The van der Waals surface area contributed by atoms with Gasteiger partial charge in [-0.25, -0.2) is 0 Å². The molecule has 3 nitrogen and oxygen atoms in total. The zero-order valence-corrected chi connectivity index (χ0v) is 3.62. The van der Waals surface area contributed by atoms with Gasteiger partial charge in [-0.05, 0) is 0 Å². The van der Waals surface area contributed by atoms with Crippen LogP contribution in [0.4, 0.5) is 0 Å². The lowest BCUT2D eigenvalue weighted by Crippen LogP contribution is -2.02. The van der Waals surface area contributed by atoms with E-state index in [0.29, 0.717) is 0 Å². The van der Waals surface area contributed by atoms with Crippen molar-refractivity contribution < 1.29 is 8.39 Å². The van der Waals surface area contributed by atoms with Gasteiger partial charge >= 0.3 is 0 Å². The quantitative estimate of drug-likeness (QED) is 0.419. The van der Waals surface area contributed by atoms with Gasteiger partial charge in [0.15, 0.2) is 0 Å². The molecule has 0 aromatic rings. The summed E-state index contributed by atoms with van der Waals surface area (Å²) in [4.78, 5) is 0. The topological polar surface area (TPSA) is 38.3 Å². The second-order valence-electron chi connectivity index (χ2n) is 0.695. The van der Waals surface area contributed by atoms with Crippen molar-refractivity contribution in [2.75, 3.05) is 0 Å². The Morgan fingerprint density at radius 2 is 2.83 bits per heavy atom. The van der Waals surface area contributed by atoms with E-state index < -0.39 is 11.3 Å². The molecule has 0 fully saturated rings. The van der Waals surface area contributed by atoms with Crippen LogP contribution in [-0.2, 0) is 15.4 Å². The molecule has 0 radical (unpaired) electrons. The molecule has 4 heteroatoms. The highest BCUT2D eigenvalue weighted by Gasteiger charge is 1.84. The van der Waals surface area contributed by atoms with Gasteiger partial charge in [-0.1, -0.05) is 6.26 Å². The molecule has 0 aromatic heterocycles. The number of rotatable bonds is 0. The van der Waals surface area contributed by atoms with Crippen LogP contribution in [0.25, 0.3) is 0 Å². The van der Waals surface area contributed by atoms with Gasteiger partial charge in [-0.3, -0.25) is 0 Å². The summed E-state index contributed by atoms with van der Waals surface area (Å²) < 4.78 is 16.5. The molecule has 0 aromatic carbocycles. The molecule has 6 heavy (non-hydrogen) atoms. The Morgan fingerprint density at radius 3 is 3.00 bits per heavy atom. The molecule has 0 saturated heterocycles. The molecule has 1 rings (SSSR count). The van der Waals surface area contributed by atoms with Gasteiger partial charge in [0.05, 0.1) is 0 Å². The molecule has 0 amide bonds. The van der Waals surface area contributed by atoms with Gasteiger partial charge in [0.2, 0.25) is 0 Å². The van der Waals surface area contributed by atoms with Gasteiger partial charge < -0.3 is 15.1 Å². The predicted octanol–water partition coefficient (Wildman–Crippen LogP) is -0.541. The molecule has 34 valence electrons. The molecule has 1 atom stereocenters. The fraction of sp³-hybridized carbons (Fsp3) is 0. The smallest absolute Gasteiger partial charge is 0.279 e. The number of hydrogen-bond acceptors (Lipinski definition) is 2. The van der Waals surface area contributed by atoms with E-state index in [4.69, 9.17) is 0 Å². The summed E-state index contributed by atoms with van der Waals surface area (Å²) in [7, 11) is 0. The van der Waals surface area contributed by atoms with Crippen LogP contribution in [0.1, 0.15) is 0 Å². The fourth-order valence-electron chi connectivity index (χ4n) is 0.164. The van der Waals surface area contributed by atoms with Gasteiger partial charge in [0.1, 0.15) is 0 Å². The summed E-state index contributed by atoms with van der Waals surface area (Å²) in [6.07, 6.45) is 3.59. The van der Waals surface area contributed by atoms with Crippen LogP contribution in [-0.4, -0.2) is 4.21 Å². The van der Waals surface area contributed by atoms with Gasteiger partial charge in [0.25, 0.3) is 11.3 Å². The fourth-order valence-corrected chi connectivity index (χ4v) is 0.492. The average molecular weight is 104 g/mol. The van der Waals surface area contributed by atoms with Crippen LogP contribution in [0.15, 0.2) is 6.26 Å². The third-order valence-corrected chi connectivity index (χ3v) is 0.892. The SMILES string of the molecule is O=S1N[C-]=CO1. The maximum Gasteiger partial charge on any atom is 0.279 e. The predicted molar refractivity (Wildman–Crippen MR) is 20.2 cm³/mol. The first-order chi connectivity index (χ1) is 2.89. The Kier molecular flexibility index (Phi) is 0.795. The average Bonchev–Trinajstić information content (AvgIpc) is 1.86. The molecule has 0 spiro atoms. The van der Waals surface area contributed by atoms with Gasteiger partial charge in [-0.2, -0.15) is 4.21 Å². The highest BCUT2D eigenvalue weighted by molar-refractivity contribution is 7.78. The molecular weight excluding hydrogens is 102 g/mol. The summed E-state index contributed by atoms with van der Waals surface area (Å²) in [5.41, 5.74) is 0. The molecule has 0 aliphatic carbocycles. The first-order valence-electron chi connectivity index (χ1n) is 1.31. The summed E-state index contributed by atoms with van der Waals surface area (Å²) in [6.45, 7) is 0. The summed E-state index contributed by atoms with van der Waals surface area (Å²) in [5, 5.41) is 0. The van der Waals surface area contributed by atoms with E-state index in [1.54, 1.807) is 0 Å². The maximum absolute atomic E-state index is 9.93. The third kappa shape index (κ3) is 0.514. The lowest BCUT2D eigenvalue weighted by atomic mass is 11.0. The van der Waals surface area contributed by atoms with Crippen LogP contribution >= 0.6 is 0 Å². The van der Waals surface area contributed by atoms with Crippen LogP contribution < -0.4 is 4.72 Å². The lowest BCUT2D eigenvalue weighted by Gasteiger charge is -1.92. The van der Waals surface area contributed by atoms with E-state index in [0.717, 1.165) is 0 Å². The van der Waals surface area contributed by atoms with Crippen molar-refractivity contribution >= 4 is 11.3 Å². The molecular formula is C2H2NO2S-. The van der Waals surface area contributed by atoms with E-state index >= 15 is 0 Å². The van der Waals surface area contributed by atoms with E-state index in [2.05, 4.69) is 15.1 Å². The Hall–Kier alpha value is -0.510. The van der Waals surface area contributed by atoms with Crippen LogP contribution in [0.5, 0.6) is 0 Å². The highest BCUT2D eigenvalue weighted by atomic mass is 32.2. The number of nitrogens with one attached hydrogen (secondary N) is 1. The first-order valence-corrected chi connectivity index (χ1v) is 2.39. The Bertz CT molecular complexity index is 89.7. The second-order valence-corrected chi connectivity index (χ2v) is 1.56. The Balaban J connectivity index is 2.52. The largest absolute Gasteiger partial charge is 0.451 e. The normalized spacial score (nSPS) is 29.0. The maximum atomic E-state index is 9.93. The van der Waals surface area contributed by atoms with Crippen molar-refractivity contribution in [3.8, 4) is 0 Å². The van der Waals surface area contributed by atoms with Crippen molar-refractivity contribution in [3.05, 3.63) is 12.5 Å². The van der Waals surface area contributed by atoms with Gasteiger partial charge in [0, 0.05) is 0 Å². The first kappa shape index (κ1) is 3.67. The second kappa shape index (κ2) is 1.30. The summed E-state index contributed by atoms with van der Waals surface area (Å²) in [6, 6.07) is 0. The Labute approximate surface area is 37.8 Å². The molecule has 1 N–H and O–H groups in total. The summed E-state index contributed by atoms with van der Waals surface area (Å²) in [5.74, 6) is 0. The van der Waals surface area contributed by atoms with Crippen molar-refractivity contribution in [1.82, 2.24) is 4.72 Å². The Morgan fingerprint density at radius 1 is 2.00 bits per heavy atom. The zero-order valence-electron chi connectivity index (χ0n) is 2.80. The standard InChI is InChI=1S/C2H2NO2S/c4-6-3-1-2-5-6/h2-3H/q-1. The highest BCUT2D eigenvalue weighted by Crippen LogP contribution is 1.86. The summed E-state index contributed by atoms with van der Waals surface area (Å²) >= 11 is -1.34. The minimum atomic E-state index is -1.34. The van der Waals surface area contributed by atoms with Crippen molar-refractivity contribution in [2.24, 2.45) is 0 Å². The molecule has 1 aliphatic rings. The zero-order chi connectivity index (χ0) is 4.41. The lowest BCUT2D eigenvalue weighted by molar-refractivity contribution is 0.517. The molecule has 1 aliphatic heterocycles. The third-order valence-electron chi connectivity index (χ3n) is 0.337. The minimum absolute atomic E-state index is 1.22. The molecule has 1 heterocycles. The molecule has 0 bridgehead atoms. The van der Waals surface area contributed by atoms with Crippen LogP contribution in [0.3, 0.4) is 0 Å². The molecule has 0 saturated carbocycles. The minimum Gasteiger partial charge on any atom is -0.451 e. The van der Waals surface area contributed by atoms with Crippen LogP contribution in [0, 0.1) is 6.20 Å². The van der Waals surface area contributed by atoms with E-state index in [1.165, 1.54) is 6.26 Å². The van der Waals surface area contributed by atoms with E-state index in [9.17, 15) is 4.21 Å². The van der Waals surface area contributed by atoms with E-state index in [-0.39, 0.29) is 0 Å². The molecule has 1 unspecified atom stereocenters. The van der Waals surface area contributed by atoms with Crippen molar-refractivity contribution in [2.45, 2.75) is 0 Å². The monoisotopic (exact) mass is 104 g/mol. The van der Waals surface area contributed by atoms with Crippen LogP contribution in [0.2, 0.25) is 0 Å². The van der Waals surface area contributed by atoms with Gasteiger partial charge in [-0.15, -0.1) is 0 Å². The van der Waals surface area contributed by atoms with E-state index in [1.807, 2.05) is 0 Å².